The number of carbonyl (C=O) groups is 2. The highest BCUT2D eigenvalue weighted by molar-refractivity contribution is 7.14. The Morgan fingerprint density at radius 2 is 2.05 bits per heavy atom. The average Bonchev–Trinajstić information content (AvgIpc) is 2.87. The van der Waals surface area contributed by atoms with Crippen molar-refractivity contribution in [1.82, 2.24) is 4.90 Å². The van der Waals surface area contributed by atoms with E-state index in [-0.39, 0.29) is 17.8 Å². The zero-order chi connectivity index (χ0) is 14.7. The molecular formula is C15H21NO3S. The molecule has 0 bridgehead atoms. The maximum atomic E-state index is 12.4. The van der Waals surface area contributed by atoms with Gasteiger partial charge < -0.3 is 9.64 Å². The molecule has 1 aromatic rings. The molecule has 4 nitrogen and oxygen atoms in total. The highest BCUT2D eigenvalue weighted by Crippen LogP contribution is 2.26. The molecule has 2 heterocycles. The van der Waals surface area contributed by atoms with Crippen LogP contribution in [0.3, 0.4) is 0 Å². The lowest BCUT2D eigenvalue weighted by Gasteiger charge is -2.30. The van der Waals surface area contributed by atoms with Gasteiger partial charge in [0.25, 0.3) is 5.91 Å². The molecule has 0 saturated carbocycles. The number of thiophene rings is 1. The first-order chi connectivity index (χ1) is 9.56. The topological polar surface area (TPSA) is 46.6 Å². The summed E-state index contributed by atoms with van der Waals surface area (Å²) in [5.74, 6) is -0.112. The largest absolute Gasteiger partial charge is 0.469 e. The van der Waals surface area contributed by atoms with E-state index in [0.717, 1.165) is 11.3 Å². The van der Waals surface area contributed by atoms with E-state index >= 15 is 0 Å². The van der Waals surface area contributed by atoms with Gasteiger partial charge in [0.1, 0.15) is 0 Å². The summed E-state index contributed by atoms with van der Waals surface area (Å²) >= 11 is 1.59. The first-order valence-electron chi connectivity index (χ1n) is 7.03. The fourth-order valence-corrected chi connectivity index (χ4v) is 3.70. The highest BCUT2D eigenvalue weighted by atomic mass is 32.1. The summed E-state index contributed by atoms with van der Waals surface area (Å²) in [5, 5.41) is 0. The fourth-order valence-electron chi connectivity index (χ4n) is 2.62. The van der Waals surface area contributed by atoms with Crippen LogP contribution in [0.15, 0.2) is 6.07 Å². The van der Waals surface area contributed by atoms with Gasteiger partial charge in [0, 0.05) is 18.0 Å². The summed E-state index contributed by atoms with van der Waals surface area (Å²) in [6.45, 7) is 5.43. The zero-order valence-electron chi connectivity index (χ0n) is 12.3. The van der Waals surface area contributed by atoms with Crippen LogP contribution >= 0.6 is 11.3 Å². The Hall–Kier alpha value is -1.36. The number of hydrogen-bond acceptors (Lipinski definition) is 4. The van der Waals surface area contributed by atoms with Crippen LogP contribution in [0, 0.1) is 12.8 Å². The van der Waals surface area contributed by atoms with Crippen molar-refractivity contribution in [3.63, 3.8) is 0 Å². The predicted molar refractivity (Wildman–Crippen MR) is 79.1 cm³/mol. The molecular weight excluding hydrogens is 274 g/mol. The number of aryl methyl sites for hydroxylation is 2. The van der Waals surface area contributed by atoms with Crippen molar-refractivity contribution in [2.75, 3.05) is 20.2 Å². The number of esters is 1. The molecule has 1 saturated heterocycles. The molecule has 0 spiro atoms. The van der Waals surface area contributed by atoms with Crippen LogP contribution in [0.1, 0.15) is 39.9 Å². The summed E-state index contributed by atoms with van der Waals surface area (Å²) in [6, 6.07) is 1.98. The monoisotopic (exact) mass is 295 g/mol. The van der Waals surface area contributed by atoms with Crippen LogP contribution in [-0.4, -0.2) is 37.0 Å². The molecule has 0 N–H and O–H groups in total. The smallest absolute Gasteiger partial charge is 0.308 e. The van der Waals surface area contributed by atoms with Gasteiger partial charge in [-0.25, -0.2) is 0 Å². The molecule has 0 radical (unpaired) electrons. The van der Waals surface area contributed by atoms with Gasteiger partial charge in [-0.1, -0.05) is 6.92 Å². The van der Waals surface area contributed by atoms with Crippen LogP contribution < -0.4 is 0 Å². The lowest BCUT2D eigenvalue weighted by molar-refractivity contribution is -0.146. The Morgan fingerprint density at radius 1 is 1.40 bits per heavy atom. The van der Waals surface area contributed by atoms with Gasteiger partial charge >= 0.3 is 5.97 Å². The molecule has 0 unspecified atom stereocenters. The first kappa shape index (κ1) is 15.0. The molecule has 1 fully saturated rings. The molecule has 1 amide bonds. The number of nitrogens with zero attached hydrogens (tertiary/aromatic N) is 1. The van der Waals surface area contributed by atoms with Gasteiger partial charge in [-0.15, -0.1) is 11.3 Å². The normalized spacial score (nSPS) is 16.2. The Bertz CT molecular complexity index is 501. The number of hydrogen-bond donors (Lipinski definition) is 0. The lowest BCUT2D eigenvalue weighted by atomic mass is 9.97. The zero-order valence-corrected chi connectivity index (χ0v) is 13.1. The van der Waals surface area contributed by atoms with Crippen molar-refractivity contribution < 1.29 is 14.3 Å². The fraction of sp³-hybridized carbons (Fsp3) is 0.600. The second-order valence-corrected chi connectivity index (χ2v) is 6.30. The van der Waals surface area contributed by atoms with Crippen LogP contribution in [0.4, 0.5) is 0 Å². The summed E-state index contributed by atoms with van der Waals surface area (Å²) in [6.07, 6.45) is 2.36. The number of piperidine rings is 1. The van der Waals surface area contributed by atoms with Gasteiger partial charge in [-0.3, -0.25) is 9.59 Å². The molecule has 2 rings (SSSR count). The van der Waals surface area contributed by atoms with Gasteiger partial charge in [-0.2, -0.15) is 0 Å². The Labute approximate surface area is 123 Å². The van der Waals surface area contributed by atoms with Crippen LogP contribution in [0.25, 0.3) is 0 Å². The number of ether oxygens (including phenoxy) is 1. The number of methoxy groups -OCH3 is 1. The summed E-state index contributed by atoms with van der Waals surface area (Å²) in [4.78, 5) is 27.9. The summed E-state index contributed by atoms with van der Waals surface area (Å²) in [5.41, 5.74) is 1.20. The Kier molecular flexibility index (Phi) is 4.81. The van der Waals surface area contributed by atoms with Crippen molar-refractivity contribution in [3.05, 3.63) is 21.4 Å². The van der Waals surface area contributed by atoms with E-state index in [2.05, 4.69) is 13.8 Å². The molecule has 0 aromatic carbocycles. The van der Waals surface area contributed by atoms with Crippen molar-refractivity contribution in [1.29, 1.82) is 0 Å². The maximum Gasteiger partial charge on any atom is 0.308 e. The van der Waals surface area contributed by atoms with E-state index in [4.69, 9.17) is 4.74 Å². The standard InChI is InChI=1S/C15H21NO3S/c1-4-12-10(2)9-13(20-12)14(17)16-7-5-11(6-8-16)15(18)19-3/h9,11H,4-8H2,1-3H3. The third kappa shape index (κ3) is 3.03. The van der Waals surface area contributed by atoms with E-state index in [1.54, 1.807) is 11.3 Å². The SMILES string of the molecule is CCc1sc(C(=O)N2CCC(C(=O)OC)CC2)cc1C. The predicted octanol–water partition coefficient (Wildman–Crippen LogP) is 2.64. The van der Waals surface area contributed by atoms with E-state index < -0.39 is 0 Å². The quantitative estimate of drug-likeness (QED) is 0.805. The van der Waals surface area contributed by atoms with Crippen molar-refractivity contribution in [2.45, 2.75) is 33.1 Å². The lowest BCUT2D eigenvalue weighted by Crippen LogP contribution is -2.40. The van der Waals surface area contributed by atoms with Crippen LogP contribution in [0.2, 0.25) is 0 Å². The Balaban J connectivity index is 1.99. The molecule has 110 valence electrons. The molecule has 1 aliphatic rings. The van der Waals surface area contributed by atoms with E-state index in [1.165, 1.54) is 17.6 Å². The van der Waals surface area contributed by atoms with Crippen LogP contribution in [-0.2, 0) is 16.0 Å². The first-order valence-corrected chi connectivity index (χ1v) is 7.84. The van der Waals surface area contributed by atoms with Gasteiger partial charge in [0.05, 0.1) is 17.9 Å². The van der Waals surface area contributed by atoms with Gasteiger partial charge in [0.15, 0.2) is 0 Å². The second-order valence-electron chi connectivity index (χ2n) is 5.16. The molecule has 0 aliphatic carbocycles. The molecule has 1 aliphatic heterocycles. The summed E-state index contributed by atoms with van der Waals surface area (Å²) in [7, 11) is 1.42. The minimum absolute atomic E-state index is 0.0553. The van der Waals surface area contributed by atoms with Gasteiger partial charge in [-0.05, 0) is 37.8 Å². The second kappa shape index (κ2) is 6.39. The number of carbonyl (C=O) groups excluding carboxylic acids is 2. The van der Waals surface area contributed by atoms with Crippen molar-refractivity contribution in [2.24, 2.45) is 5.92 Å². The average molecular weight is 295 g/mol. The summed E-state index contributed by atoms with van der Waals surface area (Å²) < 4.78 is 4.76. The highest BCUT2D eigenvalue weighted by Gasteiger charge is 2.29. The van der Waals surface area contributed by atoms with Gasteiger partial charge in [0.2, 0.25) is 0 Å². The molecule has 1 aromatic heterocycles. The third-order valence-electron chi connectivity index (χ3n) is 3.87. The number of amides is 1. The molecule has 20 heavy (non-hydrogen) atoms. The molecule has 5 heteroatoms. The van der Waals surface area contributed by atoms with E-state index in [9.17, 15) is 9.59 Å². The maximum absolute atomic E-state index is 12.4. The van der Waals surface area contributed by atoms with Crippen LogP contribution in [0.5, 0.6) is 0 Å². The van der Waals surface area contributed by atoms with E-state index in [0.29, 0.717) is 25.9 Å². The number of likely N-dealkylation sites (tertiary alicyclic amines) is 1. The number of rotatable bonds is 3. The van der Waals surface area contributed by atoms with Crippen molar-refractivity contribution in [3.8, 4) is 0 Å². The third-order valence-corrected chi connectivity index (χ3v) is 5.24. The minimum atomic E-state index is -0.155. The molecule has 0 atom stereocenters. The minimum Gasteiger partial charge on any atom is -0.469 e. The van der Waals surface area contributed by atoms with E-state index in [1.807, 2.05) is 11.0 Å². The Morgan fingerprint density at radius 3 is 2.55 bits per heavy atom. The van der Waals surface area contributed by atoms with Crippen molar-refractivity contribution >= 4 is 23.2 Å².